The summed E-state index contributed by atoms with van der Waals surface area (Å²) in [4.78, 5) is 22.2. The molecule has 0 aromatic carbocycles. The van der Waals surface area contributed by atoms with Crippen LogP contribution in [0.3, 0.4) is 0 Å². The summed E-state index contributed by atoms with van der Waals surface area (Å²) >= 11 is 0. The summed E-state index contributed by atoms with van der Waals surface area (Å²) in [5.41, 5.74) is 2.96. The minimum atomic E-state index is -0.581. The third-order valence-corrected chi connectivity index (χ3v) is 4.91. The minimum absolute atomic E-state index is 0.0628. The topological polar surface area (TPSA) is 81.5 Å². The van der Waals surface area contributed by atoms with E-state index in [2.05, 4.69) is 22.3 Å². The molecule has 25 heavy (non-hydrogen) atoms. The normalized spacial score (nSPS) is 24.0. The third kappa shape index (κ3) is 2.85. The van der Waals surface area contributed by atoms with Crippen LogP contribution in [-0.2, 0) is 20.9 Å². The maximum Gasteiger partial charge on any atom is 0.337 e. The minimum Gasteiger partial charge on any atom is -0.467 e. The van der Waals surface area contributed by atoms with Crippen LogP contribution in [0, 0.1) is 0 Å². The van der Waals surface area contributed by atoms with Crippen LogP contribution in [0.15, 0.2) is 12.4 Å². The predicted molar refractivity (Wildman–Crippen MR) is 91.9 cm³/mol. The van der Waals surface area contributed by atoms with Gasteiger partial charge in [-0.05, 0) is 19.8 Å². The van der Waals surface area contributed by atoms with Crippen LogP contribution in [0.25, 0.3) is 11.0 Å². The van der Waals surface area contributed by atoms with Crippen LogP contribution < -0.4 is 5.32 Å². The number of carbonyl (C=O) groups excluding carboxylic acids is 1. The second-order valence-electron chi connectivity index (χ2n) is 6.62. The van der Waals surface area contributed by atoms with Crippen molar-refractivity contribution in [1.29, 1.82) is 0 Å². The van der Waals surface area contributed by atoms with Gasteiger partial charge in [-0.3, -0.25) is 4.84 Å². The Morgan fingerprint density at radius 2 is 2.24 bits per heavy atom. The Morgan fingerprint density at radius 3 is 2.92 bits per heavy atom. The average Bonchev–Trinajstić information content (AvgIpc) is 3.20. The lowest BCUT2D eigenvalue weighted by molar-refractivity contribution is -0.179. The van der Waals surface area contributed by atoms with Gasteiger partial charge in [0, 0.05) is 37.8 Å². The summed E-state index contributed by atoms with van der Waals surface area (Å²) in [7, 11) is 3.22. The number of aryl methyl sites for hydroxylation is 1. The monoisotopic (exact) mass is 345 g/mol. The predicted octanol–water partition coefficient (Wildman–Crippen LogP) is 1.88. The number of anilines is 1. The number of hydroxylamine groups is 2. The van der Waals surface area contributed by atoms with Crippen LogP contribution in [0.4, 0.5) is 5.69 Å². The van der Waals surface area contributed by atoms with Gasteiger partial charge < -0.3 is 10.1 Å². The number of hydrogen-bond acceptors (Lipinski definition) is 7. The standard InChI is InChI=1S/C17H23N5O3/c1-4-22-16-12(9-19-22)15(20-10-5-6-10)11(8-18-16)13-7-14(17(23)24-3)25-21(13)2/h8-10,13-14H,4-7H2,1-3H3,(H,18,20). The summed E-state index contributed by atoms with van der Waals surface area (Å²) < 4.78 is 6.72. The van der Waals surface area contributed by atoms with Crippen molar-refractivity contribution in [2.24, 2.45) is 0 Å². The quantitative estimate of drug-likeness (QED) is 0.829. The van der Waals surface area contributed by atoms with Gasteiger partial charge >= 0.3 is 5.97 Å². The van der Waals surface area contributed by atoms with E-state index in [1.54, 1.807) is 5.06 Å². The van der Waals surface area contributed by atoms with Crippen molar-refractivity contribution in [1.82, 2.24) is 19.8 Å². The molecule has 8 heteroatoms. The van der Waals surface area contributed by atoms with Crippen molar-refractivity contribution in [3.8, 4) is 0 Å². The number of nitrogens with zero attached hydrogens (tertiary/aromatic N) is 4. The Hall–Kier alpha value is -2.19. The first kappa shape index (κ1) is 16.3. The van der Waals surface area contributed by atoms with E-state index in [1.165, 1.54) is 20.0 Å². The molecule has 4 rings (SSSR count). The molecule has 1 aliphatic heterocycles. The molecule has 1 saturated carbocycles. The molecule has 1 aliphatic carbocycles. The molecule has 0 bridgehead atoms. The highest BCUT2D eigenvalue weighted by Gasteiger charge is 2.39. The zero-order chi connectivity index (χ0) is 17.6. The number of esters is 1. The number of ether oxygens (including phenoxy) is 1. The smallest absolute Gasteiger partial charge is 0.337 e. The maximum absolute atomic E-state index is 11.8. The van der Waals surface area contributed by atoms with Gasteiger partial charge in [0.05, 0.1) is 30.4 Å². The van der Waals surface area contributed by atoms with E-state index in [1.807, 2.05) is 24.1 Å². The molecule has 1 N–H and O–H groups in total. The van der Waals surface area contributed by atoms with Gasteiger partial charge in [-0.2, -0.15) is 10.2 Å². The van der Waals surface area contributed by atoms with Gasteiger partial charge in [0.25, 0.3) is 0 Å². The first-order valence-corrected chi connectivity index (χ1v) is 8.70. The SMILES string of the molecule is CCn1ncc2c(NC3CC3)c(C3CC(C(=O)OC)ON3C)cnc21. The molecule has 2 fully saturated rings. The fourth-order valence-electron chi connectivity index (χ4n) is 3.38. The molecule has 2 aliphatic rings. The highest BCUT2D eigenvalue weighted by molar-refractivity contribution is 5.91. The molecule has 134 valence electrons. The van der Waals surface area contributed by atoms with Crippen molar-refractivity contribution in [2.75, 3.05) is 19.5 Å². The van der Waals surface area contributed by atoms with E-state index in [0.29, 0.717) is 12.5 Å². The molecule has 8 nitrogen and oxygen atoms in total. The summed E-state index contributed by atoms with van der Waals surface area (Å²) in [5.74, 6) is -0.348. The lowest BCUT2D eigenvalue weighted by atomic mass is 10.0. The van der Waals surface area contributed by atoms with Gasteiger partial charge in [-0.25, -0.2) is 14.5 Å². The Morgan fingerprint density at radius 1 is 1.44 bits per heavy atom. The highest BCUT2D eigenvalue weighted by atomic mass is 16.7. The average molecular weight is 345 g/mol. The molecular formula is C17H23N5O3. The van der Waals surface area contributed by atoms with Crippen molar-refractivity contribution >= 4 is 22.7 Å². The van der Waals surface area contributed by atoms with Gasteiger partial charge in [0.2, 0.25) is 0 Å². The Bertz CT molecular complexity index is 801. The molecular weight excluding hydrogens is 322 g/mol. The van der Waals surface area contributed by atoms with Crippen molar-refractivity contribution in [3.05, 3.63) is 18.0 Å². The first-order chi connectivity index (χ1) is 12.1. The van der Waals surface area contributed by atoms with Crippen molar-refractivity contribution < 1.29 is 14.4 Å². The molecule has 2 unspecified atom stereocenters. The van der Waals surface area contributed by atoms with E-state index in [9.17, 15) is 4.79 Å². The molecule has 1 saturated heterocycles. The number of rotatable bonds is 5. The lowest BCUT2D eigenvalue weighted by Gasteiger charge is -2.21. The van der Waals surface area contributed by atoms with Gasteiger partial charge in [-0.15, -0.1) is 0 Å². The van der Waals surface area contributed by atoms with Gasteiger partial charge in [-0.1, -0.05) is 0 Å². The second-order valence-corrected chi connectivity index (χ2v) is 6.62. The van der Waals surface area contributed by atoms with Crippen LogP contribution in [-0.4, -0.2) is 52.1 Å². The fourth-order valence-corrected chi connectivity index (χ4v) is 3.38. The van der Waals surface area contributed by atoms with Crippen molar-refractivity contribution in [2.45, 2.75) is 50.9 Å². The molecule has 3 heterocycles. The zero-order valence-corrected chi connectivity index (χ0v) is 14.7. The number of hydrogen-bond donors (Lipinski definition) is 1. The molecule has 2 aromatic heterocycles. The second kappa shape index (κ2) is 6.27. The Kier molecular flexibility index (Phi) is 4.09. The Labute approximate surface area is 146 Å². The number of pyridine rings is 1. The molecule has 2 aromatic rings. The molecule has 0 amide bonds. The summed E-state index contributed by atoms with van der Waals surface area (Å²) in [6.45, 7) is 2.82. The molecule has 2 atom stereocenters. The first-order valence-electron chi connectivity index (χ1n) is 8.70. The van der Waals surface area contributed by atoms with Crippen LogP contribution in [0.1, 0.15) is 37.8 Å². The molecule has 0 spiro atoms. The maximum atomic E-state index is 11.8. The highest BCUT2D eigenvalue weighted by Crippen LogP contribution is 2.41. The van der Waals surface area contributed by atoms with E-state index in [4.69, 9.17) is 9.57 Å². The van der Waals surface area contributed by atoms with Gasteiger partial charge in [0.15, 0.2) is 11.8 Å². The van der Waals surface area contributed by atoms with E-state index >= 15 is 0 Å². The summed E-state index contributed by atoms with van der Waals surface area (Å²) in [6, 6.07) is 0.436. The van der Waals surface area contributed by atoms with Gasteiger partial charge in [0.1, 0.15) is 0 Å². The summed E-state index contributed by atoms with van der Waals surface area (Å²) in [6.07, 6.45) is 6.05. The third-order valence-electron chi connectivity index (χ3n) is 4.91. The number of nitrogens with one attached hydrogen (secondary N) is 1. The number of aromatic nitrogens is 3. The number of methoxy groups -OCH3 is 1. The fraction of sp³-hybridized carbons (Fsp3) is 0.588. The largest absolute Gasteiger partial charge is 0.467 e. The van der Waals surface area contributed by atoms with E-state index in [-0.39, 0.29) is 12.0 Å². The van der Waals surface area contributed by atoms with Crippen LogP contribution in [0.2, 0.25) is 0 Å². The zero-order valence-electron chi connectivity index (χ0n) is 14.7. The number of fused-ring (bicyclic) bond motifs is 1. The summed E-state index contributed by atoms with van der Waals surface area (Å²) in [5, 5.41) is 10.8. The van der Waals surface area contributed by atoms with E-state index < -0.39 is 6.10 Å². The van der Waals surface area contributed by atoms with Crippen molar-refractivity contribution in [3.63, 3.8) is 0 Å². The van der Waals surface area contributed by atoms with Crippen LogP contribution >= 0.6 is 0 Å². The van der Waals surface area contributed by atoms with Crippen LogP contribution in [0.5, 0.6) is 0 Å². The molecule has 0 radical (unpaired) electrons. The Balaban J connectivity index is 1.74. The lowest BCUT2D eigenvalue weighted by Crippen LogP contribution is -2.23. The van der Waals surface area contributed by atoms with E-state index in [0.717, 1.165) is 28.8 Å². The number of carbonyl (C=O) groups is 1.